The Kier molecular flexibility index (Phi) is 5.34. The van der Waals surface area contributed by atoms with Crippen molar-refractivity contribution in [2.75, 3.05) is 5.32 Å². The summed E-state index contributed by atoms with van der Waals surface area (Å²) in [6, 6.07) is 18.4. The number of hydrogen-bond donors (Lipinski definition) is 2. The van der Waals surface area contributed by atoms with E-state index in [1.54, 1.807) is 37.4 Å². The normalized spacial score (nSPS) is 11.2. The van der Waals surface area contributed by atoms with Crippen LogP contribution >= 0.6 is 0 Å². The second-order valence-corrected chi connectivity index (χ2v) is 5.75. The summed E-state index contributed by atoms with van der Waals surface area (Å²) in [7, 11) is 0. The summed E-state index contributed by atoms with van der Waals surface area (Å²) in [5, 5.41) is 8.53. The van der Waals surface area contributed by atoms with E-state index < -0.39 is 0 Å². The number of hydrazone groups is 1. The fraction of sp³-hybridized carbons (Fsp3) is 0.100. The molecule has 1 heterocycles. The number of pyridine rings is 1. The van der Waals surface area contributed by atoms with E-state index in [1.165, 1.54) is 0 Å². The summed E-state index contributed by atoms with van der Waals surface area (Å²) in [6.45, 7) is 1.68. The molecule has 6 heteroatoms. The molecule has 0 aliphatic heterocycles. The zero-order valence-corrected chi connectivity index (χ0v) is 14.3. The largest absolute Gasteiger partial charge is 0.310 e. The van der Waals surface area contributed by atoms with Crippen LogP contribution in [0.3, 0.4) is 0 Å². The van der Waals surface area contributed by atoms with E-state index in [-0.39, 0.29) is 18.2 Å². The number of aromatic nitrogens is 1. The van der Waals surface area contributed by atoms with E-state index in [4.69, 9.17) is 0 Å². The number of amides is 2. The van der Waals surface area contributed by atoms with E-state index in [9.17, 15) is 9.59 Å². The third-order valence-corrected chi connectivity index (χ3v) is 3.73. The summed E-state index contributed by atoms with van der Waals surface area (Å²) in [4.78, 5) is 28.4. The van der Waals surface area contributed by atoms with Crippen molar-refractivity contribution in [3.8, 4) is 0 Å². The molecule has 6 nitrogen and oxygen atoms in total. The molecular formula is C20H18N4O2. The quantitative estimate of drug-likeness (QED) is 0.549. The number of hydrogen-bond acceptors (Lipinski definition) is 4. The lowest BCUT2D eigenvalue weighted by molar-refractivity contribution is -0.115. The first kappa shape index (κ1) is 17.3. The maximum Gasteiger partial charge on any atom is 0.271 e. The van der Waals surface area contributed by atoms with Crippen LogP contribution in [0.5, 0.6) is 0 Å². The number of carbonyl (C=O) groups excluding carboxylic acids is 2. The number of nitrogens with zero attached hydrogens (tertiary/aromatic N) is 2. The molecule has 3 rings (SSSR count). The lowest BCUT2D eigenvalue weighted by atomic mass is 10.0. The monoisotopic (exact) mass is 346 g/mol. The number of anilines is 1. The molecule has 26 heavy (non-hydrogen) atoms. The number of fused-ring (bicyclic) bond motifs is 1. The van der Waals surface area contributed by atoms with Gasteiger partial charge in [0, 0.05) is 17.5 Å². The molecule has 0 unspecified atom stereocenters. The third-order valence-electron chi connectivity index (χ3n) is 3.73. The highest BCUT2D eigenvalue weighted by Crippen LogP contribution is 2.18. The van der Waals surface area contributed by atoms with Crippen LogP contribution in [0.1, 0.15) is 23.7 Å². The Labute approximate surface area is 151 Å². The minimum Gasteiger partial charge on any atom is -0.310 e. The second-order valence-electron chi connectivity index (χ2n) is 5.75. The first-order valence-electron chi connectivity index (χ1n) is 8.15. The summed E-state index contributed by atoms with van der Waals surface area (Å²) < 4.78 is 0. The number of rotatable bonds is 5. The van der Waals surface area contributed by atoms with Crippen LogP contribution in [0.2, 0.25) is 0 Å². The average molecular weight is 346 g/mol. The van der Waals surface area contributed by atoms with Crippen molar-refractivity contribution in [2.45, 2.75) is 13.3 Å². The van der Waals surface area contributed by atoms with Crippen molar-refractivity contribution in [1.82, 2.24) is 10.4 Å². The minimum atomic E-state index is -0.314. The molecule has 0 aliphatic carbocycles. The zero-order valence-electron chi connectivity index (χ0n) is 14.3. The van der Waals surface area contributed by atoms with Crippen LogP contribution in [0.4, 0.5) is 5.82 Å². The SMILES string of the molecule is CC(CC(=O)Nc1ccccn1)=NNC(=O)c1cccc2ccccc12. The summed E-state index contributed by atoms with van der Waals surface area (Å²) in [5.41, 5.74) is 3.55. The first-order valence-corrected chi connectivity index (χ1v) is 8.15. The fourth-order valence-electron chi connectivity index (χ4n) is 2.53. The van der Waals surface area contributed by atoms with E-state index in [0.29, 0.717) is 17.1 Å². The molecule has 0 spiro atoms. The van der Waals surface area contributed by atoms with Crippen molar-refractivity contribution in [3.05, 3.63) is 72.4 Å². The zero-order chi connectivity index (χ0) is 18.4. The topological polar surface area (TPSA) is 83.4 Å². The molecule has 0 saturated heterocycles. The van der Waals surface area contributed by atoms with Gasteiger partial charge in [-0.05, 0) is 35.9 Å². The Morgan fingerprint density at radius 2 is 1.77 bits per heavy atom. The molecular weight excluding hydrogens is 328 g/mol. The van der Waals surface area contributed by atoms with Gasteiger partial charge >= 0.3 is 0 Å². The molecule has 3 aromatic rings. The van der Waals surface area contributed by atoms with Crippen LogP contribution < -0.4 is 10.7 Å². The maximum atomic E-state index is 12.4. The van der Waals surface area contributed by atoms with Crippen molar-refractivity contribution in [1.29, 1.82) is 0 Å². The molecule has 2 aromatic carbocycles. The highest BCUT2D eigenvalue weighted by molar-refractivity contribution is 6.08. The summed E-state index contributed by atoms with van der Waals surface area (Å²) in [6.07, 6.45) is 1.66. The van der Waals surface area contributed by atoms with Gasteiger partial charge < -0.3 is 5.32 Å². The highest BCUT2D eigenvalue weighted by Gasteiger charge is 2.10. The molecule has 1 aromatic heterocycles. The molecule has 2 amide bonds. The Bertz CT molecular complexity index is 962. The minimum absolute atomic E-state index is 0.0619. The molecule has 0 atom stereocenters. The summed E-state index contributed by atoms with van der Waals surface area (Å²) >= 11 is 0. The van der Waals surface area contributed by atoms with Crippen LogP contribution in [0.25, 0.3) is 10.8 Å². The van der Waals surface area contributed by atoms with Crippen molar-refractivity contribution in [3.63, 3.8) is 0 Å². The van der Waals surface area contributed by atoms with Gasteiger partial charge in [-0.1, -0.05) is 42.5 Å². The molecule has 0 bridgehead atoms. The molecule has 0 saturated carbocycles. The molecule has 0 aliphatic rings. The lowest BCUT2D eigenvalue weighted by Crippen LogP contribution is -2.21. The van der Waals surface area contributed by atoms with Crippen LogP contribution in [-0.4, -0.2) is 22.5 Å². The maximum absolute atomic E-state index is 12.4. The van der Waals surface area contributed by atoms with Gasteiger partial charge in [0.25, 0.3) is 5.91 Å². The van der Waals surface area contributed by atoms with Crippen LogP contribution in [-0.2, 0) is 4.79 Å². The highest BCUT2D eigenvalue weighted by atomic mass is 16.2. The molecule has 2 N–H and O–H groups in total. The van der Waals surface area contributed by atoms with Crippen molar-refractivity contribution in [2.24, 2.45) is 5.10 Å². The van der Waals surface area contributed by atoms with Gasteiger partial charge in [-0.25, -0.2) is 10.4 Å². The fourth-order valence-corrected chi connectivity index (χ4v) is 2.53. The Morgan fingerprint density at radius 3 is 2.58 bits per heavy atom. The molecule has 0 radical (unpaired) electrons. The van der Waals surface area contributed by atoms with Gasteiger partial charge in [0.1, 0.15) is 5.82 Å². The van der Waals surface area contributed by atoms with Crippen LogP contribution in [0, 0.1) is 0 Å². The number of benzene rings is 2. The predicted octanol–water partition coefficient (Wildman–Crippen LogP) is 3.37. The predicted molar refractivity (Wildman–Crippen MR) is 102 cm³/mol. The summed E-state index contributed by atoms with van der Waals surface area (Å²) in [5.74, 6) is -0.0827. The van der Waals surface area contributed by atoms with Crippen LogP contribution in [0.15, 0.2) is 72.0 Å². The second kappa shape index (κ2) is 8.02. The van der Waals surface area contributed by atoms with Gasteiger partial charge in [-0.3, -0.25) is 9.59 Å². The van der Waals surface area contributed by atoms with E-state index in [0.717, 1.165) is 10.8 Å². The smallest absolute Gasteiger partial charge is 0.271 e. The van der Waals surface area contributed by atoms with E-state index >= 15 is 0 Å². The van der Waals surface area contributed by atoms with Crippen molar-refractivity contribution < 1.29 is 9.59 Å². The van der Waals surface area contributed by atoms with E-state index in [1.807, 2.05) is 36.4 Å². The Morgan fingerprint density at radius 1 is 1.00 bits per heavy atom. The van der Waals surface area contributed by atoms with Crippen molar-refractivity contribution >= 4 is 34.1 Å². The number of nitrogens with one attached hydrogen (secondary N) is 2. The van der Waals surface area contributed by atoms with Gasteiger partial charge in [0.05, 0.1) is 6.42 Å². The Hall–Kier alpha value is -3.54. The van der Waals surface area contributed by atoms with Gasteiger partial charge in [0.2, 0.25) is 5.91 Å². The van der Waals surface area contributed by atoms with Gasteiger partial charge in [0.15, 0.2) is 0 Å². The van der Waals surface area contributed by atoms with E-state index in [2.05, 4.69) is 20.8 Å². The standard InChI is InChI=1S/C20H18N4O2/c1-14(13-19(25)22-18-11-4-5-12-21-18)23-24-20(26)17-10-6-8-15-7-2-3-9-16(15)17/h2-12H,13H2,1H3,(H,24,26)(H,21,22,25). The Balaban J connectivity index is 1.63. The van der Waals surface area contributed by atoms with Gasteiger partial charge in [-0.2, -0.15) is 5.10 Å². The number of carbonyl (C=O) groups is 2. The first-order chi connectivity index (χ1) is 12.6. The molecule has 130 valence electrons. The average Bonchev–Trinajstić information content (AvgIpc) is 2.66. The lowest BCUT2D eigenvalue weighted by Gasteiger charge is -2.06. The molecule has 0 fully saturated rings. The third kappa shape index (κ3) is 4.30. The van der Waals surface area contributed by atoms with Gasteiger partial charge in [-0.15, -0.1) is 0 Å².